The molecule has 3 rings (SSSR count). The summed E-state index contributed by atoms with van der Waals surface area (Å²) in [6.45, 7) is 0. The number of aromatic hydroxyl groups is 1. The molecule has 0 bridgehead atoms. The van der Waals surface area contributed by atoms with Crippen LogP contribution in [0.25, 0.3) is 11.0 Å². The zero-order chi connectivity index (χ0) is 19.4. The fourth-order valence-corrected chi connectivity index (χ4v) is 2.65. The summed E-state index contributed by atoms with van der Waals surface area (Å²) in [6, 6.07) is 11.3. The van der Waals surface area contributed by atoms with Crippen LogP contribution in [-0.2, 0) is 22.4 Å². The van der Waals surface area contributed by atoms with E-state index in [0.29, 0.717) is 16.6 Å². The third-order valence-corrected chi connectivity index (χ3v) is 3.95. The van der Waals surface area contributed by atoms with E-state index in [1.165, 1.54) is 18.2 Å². The number of para-hydroxylation sites is 2. The summed E-state index contributed by atoms with van der Waals surface area (Å²) in [5.74, 6) is -1.61. The number of nitrogens with zero attached hydrogens (tertiary/aromatic N) is 1. The van der Waals surface area contributed by atoms with Crippen molar-refractivity contribution in [2.75, 3.05) is 5.32 Å². The molecule has 0 unspecified atom stereocenters. The molecule has 8 nitrogen and oxygen atoms in total. The fraction of sp³-hybridized carbons (Fsp3) is 0.158. The normalized spacial score (nSPS) is 10.7. The van der Waals surface area contributed by atoms with Crippen LogP contribution in [0.3, 0.4) is 0 Å². The first kappa shape index (κ1) is 18.1. The molecule has 1 amide bonds. The number of aromatic nitrogens is 2. The molecule has 138 valence electrons. The molecule has 2 aromatic carbocycles. The summed E-state index contributed by atoms with van der Waals surface area (Å²) in [7, 11) is 0. The fourth-order valence-electron chi connectivity index (χ4n) is 2.65. The lowest BCUT2D eigenvalue weighted by atomic mass is 10.1. The van der Waals surface area contributed by atoms with Crippen LogP contribution in [0.4, 0.5) is 5.69 Å². The van der Waals surface area contributed by atoms with Crippen molar-refractivity contribution in [3.05, 3.63) is 64.1 Å². The second-order valence-corrected chi connectivity index (χ2v) is 6.00. The van der Waals surface area contributed by atoms with Gasteiger partial charge in [-0.1, -0.05) is 18.2 Å². The molecule has 4 N–H and O–H groups in total. The summed E-state index contributed by atoms with van der Waals surface area (Å²) >= 11 is 0. The van der Waals surface area contributed by atoms with Crippen LogP contribution in [0, 0.1) is 0 Å². The Morgan fingerprint density at radius 1 is 1.15 bits per heavy atom. The van der Waals surface area contributed by atoms with Gasteiger partial charge in [0, 0.05) is 12.8 Å². The van der Waals surface area contributed by atoms with E-state index in [9.17, 15) is 19.5 Å². The van der Waals surface area contributed by atoms with Crippen LogP contribution in [0.15, 0.2) is 47.3 Å². The molecule has 1 heterocycles. The van der Waals surface area contributed by atoms with Gasteiger partial charge in [-0.2, -0.15) is 0 Å². The maximum absolute atomic E-state index is 12.2. The van der Waals surface area contributed by atoms with Crippen LogP contribution < -0.4 is 10.9 Å². The predicted octanol–water partition coefficient (Wildman–Crippen LogP) is 1.83. The van der Waals surface area contributed by atoms with Crippen molar-refractivity contribution in [3.8, 4) is 5.75 Å². The number of aromatic amines is 1. The SMILES string of the molecule is O=C(O)Cc1ccc(O)c(NC(=O)CCc2nc3ccccc3[nH]c2=O)c1. The molecule has 27 heavy (non-hydrogen) atoms. The zero-order valence-corrected chi connectivity index (χ0v) is 14.2. The summed E-state index contributed by atoms with van der Waals surface area (Å²) in [5, 5.41) is 21.2. The molecule has 0 saturated carbocycles. The molecule has 0 aliphatic rings. The highest BCUT2D eigenvalue weighted by atomic mass is 16.4. The molecular formula is C19H17N3O5. The standard InChI is InChI=1S/C19H17N3O5/c23-16-7-5-11(10-18(25)26)9-15(16)21-17(24)8-6-14-19(27)22-13-4-2-1-3-12(13)20-14/h1-5,7,9,23H,6,8,10H2,(H,21,24)(H,22,27)(H,25,26). The summed E-state index contributed by atoms with van der Waals surface area (Å²) < 4.78 is 0. The van der Waals surface area contributed by atoms with Gasteiger partial charge in [-0.25, -0.2) is 4.98 Å². The van der Waals surface area contributed by atoms with Crippen LogP contribution in [0.5, 0.6) is 5.75 Å². The first-order valence-corrected chi connectivity index (χ1v) is 8.24. The topological polar surface area (TPSA) is 132 Å². The number of amides is 1. The van der Waals surface area contributed by atoms with Crippen molar-refractivity contribution in [3.63, 3.8) is 0 Å². The number of carboxylic acid groups (broad SMARTS) is 1. The number of carbonyl (C=O) groups is 2. The first-order valence-electron chi connectivity index (χ1n) is 8.24. The third kappa shape index (κ3) is 4.49. The van der Waals surface area contributed by atoms with E-state index in [1.807, 2.05) is 0 Å². The van der Waals surface area contributed by atoms with Crippen LogP contribution in [-0.4, -0.2) is 32.1 Å². The second-order valence-electron chi connectivity index (χ2n) is 6.00. The van der Waals surface area contributed by atoms with Crippen molar-refractivity contribution >= 4 is 28.6 Å². The Hall–Kier alpha value is -3.68. The molecule has 0 fully saturated rings. The Morgan fingerprint density at radius 3 is 2.70 bits per heavy atom. The van der Waals surface area contributed by atoms with Crippen molar-refractivity contribution in [1.82, 2.24) is 9.97 Å². The number of hydrogen-bond donors (Lipinski definition) is 4. The van der Waals surface area contributed by atoms with Gasteiger partial charge in [0.2, 0.25) is 5.91 Å². The van der Waals surface area contributed by atoms with Gasteiger partial charge in [0.25, 0.3) is 5.56 Å². The minimum atomic E-state index is -1.01. The maximum Gasteiger partial charge on any atom is 0.307 e. The lowest BCUT2D eigenvalue weighted by Gasteiger charge is -2.09. The zero-order valence-electron chi connectivity index (χ0n) is 14.2. The Kier molecular flexibility index (Phi) is 5.16. The number of phenolic OH excluding ortho intramolecular Hbond substituents is 1. The van der Waals surface area contributed by atoms with Gasteiger partial charge < -0.3 is 20.5 Å². The van der Waals surface area contributed by atoms with E-state index >= 15 is 0 Å². The first-order chi connectivity index (χ1) is 12.9. The monoisotopic (exact) mass is 367 g/mol. The average molecular weight is 367 g/mol. The Balaban J connectivity index is 1.69. The number of hydrogen-bond acceptors (Lipinski definition) is 5. The maximum atomic E-state index is 12.2. The molecule has 8 heteroatoms. The molecule has 0 spiro atoms. The van der Waals surface area contributed by atoms with Crippen molar-refractivity contribution < 1.29 is 19.8 Å². The minimum Gasteiger partial charge on any atom is -0.506 e. The number of carboxylic acids is 1. The number of anilines is 1. The van der Waals surface area contributed by atoms with E-state index in [4.69, 9.17) is 5.11 Å². The van der Waals surface area contributed by atoms with Gasteiger partial charge in [-0.05, 0) is 29.8 Å². The van der Waals surface area contributed by atoms with Gasteiger partial charge in [0.15, 0.2) is 0 Å². The van der Waals surface area contributed by atoms with E-state index in [2.05, 4.69) is 15.3 Å². The molecule has 0 aliphatic carbocycles. The van der Waals surface area contributed by atoms with E-state index < -0.39 is 11.9 Å². The Morgan fingerprint density at radius 2 is 1.93 bits per heavy atom. The quantitative estimate of drug-likeness (QED) is 0.491. The van der Waals surface area contributed by atoms with Gasteiger partial charge in [-0.15, -0.1) is 0 Å². The molecule has 3 aromatic rings. The molecule has 0 saturated heterocycles. The number of rotatable bonds is 6. The average Bonchev–Trinajstić information content (AvgIpc) is 2.62. The van der Waals surface area contributed by atoms with E-state index in [-0.39, 0.29) is 42.0 Å². The van der Waals surface area contributed by atoms with Crippen molar-refractivity contribution in [1.29, 1.82) is 0 Å². The smallest absolute Gasteiger partial charge is 0.307 e. The van der Waals surface area contributed by atoms with Crippen LogP contribution in [0.1, 0.15) is 17.7 Å². The molecular weight excluding hydrogens is 350 g/mol. The molecule has 0 aliphatic heterocycles. The summed E-state index contributed by atoms with van der Waals surface area (Å²) in [6.07, 6.45) is -0.113. The van der Waals surface area contributed by atoms with Gasteiger partial charge >= 0.3 is 5.97 Å². The van der Waals surface area contributed by atoms with Gasteiger partial charge in [0.05, 0.1) is 23.1 Å². The number of fused-ring (bicyclic) bond motifs is 1. The molecule has 0 radical (unpaired) electrons. The van der Waals surface area contributed by atoms with Crippen molar-refractivity contribution in [2.24, 2.45) is 0 Å². The number of aryl methyl sites for hydroxylation is 1. The van der Waals surface area contributed by atoms with E-state index in [1.54, 1.807) is 24.3 Å². The third-order valence-electron chi connectivity index (χ3n) is 3.95. The van der Waals surface area contributed by atoms with Crippen LogP contribution in [0.2, 0.25) is 0 Å². The van der Waals surface area contributed by atoms with Crippen LogP contribution >= 0.6 is 0 Å². The Bertz CT molecular complexity index is 1070. The highest BCUT2D eigenvalue weighted by Crippen LogP contribution is 2.24. The van der Waals surface area contributed by atoms with E-state index in [0.717, 1.165) is 0 Å². The molecule has 0 atom stereocenters. The van der Waals surface area contributed by atoms with Gasteiger partial charge in [0.1, 0.15) is 11.4 Å². The highest BCUT2D eigenvalue weighted by molar-refractivity contribution is 5.92. The lowest BCUT2D eigenvalue weighted by Crippen LogP contribution is -2.19. The Labute approximate surface area is 153 Å². The molecule has 1 aromatic heterocycles. The number of aliphatic carboxylic acids is 1. The number of benzene rings is 2. The number of H-pyrrole nitrogens is 1. The van der Waals surface area contributed by atoms with Crippen molar-refractivity contribution in [2.45, 2.75) is 19.3 Å². The highest BCUT2D eigenvalue weighted by Gasteiger charge is 2.11. The number of carbonyl (C=O) groups excluding carboxylic acids is 1. The number of nitrogens with one attached hydrogen (secondary N) is 2. The largest absolute Gasteiger partial charge is 0.506 e. The minimum absolute atomic E-state index is 0.0168. The second kappa shape index (κ2) is 7.69. The summed E-state index contributed by atoms with van der Waals surface area (Å²) in [5.41, 5.74) is 1.71. The predicted molar refractivity (Wildman–Crippen MR) is 98.8 cm³/mol. The lowest BCUT2D eigenvalue weighted by molar-refractivity contribution is -0.136. The number of phenols is 1. The summed E-state index contributed by atoms with van der Waals surface area (Å²) in [4.78, 5) is 42.0. The van der Waals surface area contributed by atoms with Gasteiger partial charge in [-0.3, -0.25) is 14.4 Å².